The molecule has 2 aromatic carbocycles. The lowest BCUT2D eigenvalue weighted by molar-refractivity contribution is 0.0748. The maximum atomic E-state index is 13.9. The van der Waals surface area contributed by atoms with Gasteiger partial charge in [-0.05, 0) is 17.7 Å². The third kappa shape index (κ3) is 5.02. The molecule has 0 unspecified atom stereocenters. The second-order valence-corrected chi connectivity index (χ2v) is 9.88. The SMILES string of the molecule is COc1c(C(=O)N(CCC#N)Cc2cccnc2)sc2c1c(=O)n(CC(=O)c1ccccc1)c1ccccc21. The van der Waals surface area contributed by atoms with E-state index in [1.165, 1.54) is 23.0 Å². The number of nitriles is 1. The summed E-state index contributed by atoms with van der Waals surface area (Å²) in [6.07, 6.45) is 3.47. The van der Waals surface area contributed by atoms with Crippen LogP contribution in [0.15, 0.2) is 83.9 Å². The van der Waals surface area contributed by atoms with E-state index in [-0.39, 0.29) is 53.8 Å². The number of pyridine rings is 2. The molecule has 0 bridgehead atoms. The van der Waals surface area contributed by atoms with Crippen molar-refractivity contribution in [2.24, 2.45) is 0 Å². The highest BCUT2D eigenvalue weighted by Gasteiger charge is 2.28. The number of ketones is 1. The lowest BCUT2D eigenvalue weighted by atomic mass is 10.1. The monoisotopic (exact) mass is 536 g/mol. The number of hydrogen-bond donors (Lipinski definition) is 0. The maximum absolute atomic E-state index is 13.9. The van der Waals surface area contributed by atoms with Crippen molar-refractivity contribution in [3.05, 3.63) is 105 Å². The van der Waals surface area contributed by atoms with Crippen molar-refractivity contribution >= 4 is 44.0 Å². The summed E-state index contributed by atoms with van der Waals surface area (Å²) in [5.74, 6) is -0.376. The number of nitrogens with zero attached hydrogens (tertiary/aromatic N) is 4. The predicted molar refractivity (Wildman–Crippen MR) is 150 cm³/mol. The second-order valence-electron chi connectivity index (χ2n) is 8.86. The van der Waals surface area contributed by atoms with Crippen LogP contribution in [0.2, 0.25) is 0 Å². The lowest BCUT2D eigenvalue weighted by Gasteiger charge is -2.21. The number of methoxy groups -OCH3 is 1. The number of carbonyl (C=O) groups is 2. The van der Waals surface area contributed by atoms with Crippen LogP contribution in [-0.2, 0) is 13.1 Å². The molecule has 0 atom stereocenters. The number of para-hydroxylation sites is 1. The van der Waals surface area contributed by atoms with Crippen molar-refractivity contribution in [1.29, 1.82) is 5.26 Å². The Bertz CT molecular complexity index is 1770. The first kappa shape index (κ1) is 25.8. The maximum Gasteiger partial charge on any atom is 0.268 e. The number of amides is 1. The number of rotatable bonds is 9. The highest BCUT2D eigenvalue weighted by atomic mass is 32.1. The molecule has 3 heterocycles. The van der Waals surface area contributed by atoms with Gasteiger partial charge in [0, 0.05) is 36.4 Å². The molecule has 0 N–H and O–H groups in total. The standard InChI is InChI=1S/C30H24N4O4S/c1-38-26-25-27(39-28(26)30(37)33(16-8-14-31)18-20-9-7-15-32-17-20)22-12-5-6-13-23(22)34(29(25)36)19-24(35)21-10-3-2-4-11-21/h2-7,9-13,15,17H,8,16,18-19H2,1H3. The molecule has 0 aliphatic heterocycles. The first-order valence-electron chi connectivity index (χ1n) is 12.3. The summed E-state index contributed by atoms with van der Waals surface area (Å²) in [6.45, 7) is 0.303. The Hall–Kier alpha value is -4.81. The van der Waals surface area contributed by atoms with E-state index in [0.29, 0.717) is 15.8 Å². The van der Waals surface area contributed by atoms with E-state index in [0.717, 1.165) is 10.9 Å². The summed E-state index contributed by atoms with van der Waals surface area (Å²) in [5, 5.41) is 10.2. The van der Waals surface area contributed by atoms with Gasteiger partial charge in [-0.1, -0.05) is 54.6 Å². The van der Waals surface area contributed by atoms with E-state index < -0.39 is 5.56 Å². The molecule has 9 heteroatoms. The van der Waals surface area contributed by atoms with Gasteiger partial charge in [0.1, 0.15) is 10.3 Å². The Morgan fingerprint density at radius 2 is 1.85 bits per heavy atom. The van der Waals surface area contributed by atoms with E-state index in [1.807, 2.05) is 30.3 Å². The fourth-order valence-corrected chi connectivity index (χ4v) is 5.85. The van der Waals surface area contributed by atoms with Crippen molar-refractivity contribution in [3.8, 4) is 11.8 Å². The molecule has 0 spiro atoms. The molecule has 5 rings (SSSR count). The van der Waals surface area contributed by atoms with E-state index in [9.17, 15) is 19.6 Å². The number of hydrogen-bond acceptors (Lipinski definition) is 7. The Morgan fingerprint density at radius 3 is 2.56 bits per heavy atom. The summed E-state index contributed by atoms with van der Waals surface area (Å²) in [7, 11) is 1.42. The number of aromatic nitrogens is 2. The van der Waals surface area contributed by atoms with Crippen LogP contribution >= 0.6 is 11.3 Å². The second kappa shape index (κ2) is 11.3. The van der Waals surface area contributed by atoms with Crippen LogP contribution in [0.25, 0.3) is 21.0 Å². The topological polar surface area (TPSA) is 105 Å². The smallest absolute Gasteiger partial charge is 0.268 e. The normalized spacial score (nSPS) is 10.9. The van der Waals surface area contributed by atoms with Crippen LogP contribution < -0.4 is 10.3 Å². The number of Topliss-reactive ketones (excluding diaryl/α,β-unsaturated/α-hetero) is 1. The Labute approximate surface area is 228 Å². The zero-order valence-corrected chi connectivity index (χ0v) is 22.0. The fraction of sp³-hybridized carbons (Fsp3) is 0.167. The first-order chi connectivity index (χ1) is 19.0. The van der Waals surface area contributed by atoms with Crippen LogP contribution in [0, 0.1) is 11.3 Å². The number of benzene rings is 2. The zero-order chi connectivity index (χ0) is 27.4. The molecular formula is C30H24N4O4S. The largest absolute Gasteiger partial charge is 0.494 e. The molecule has 194 valence electrons. The predicted octanol–water partition coefficient (Wildman–Crippen LogP) is 5.06. The Balaban J connectivity index is 1.65. The summed E-state index contributed by atoms with van der Waals surface area (Å²) in [6, 6.07) is 21.9. The van der Waals surface area contributed by atoms with Gasteiger partial charge in [0.15, 0.2) is 11.5 Å². The summed E-state index contributed by atoms with van der Waals surface area (Å²) in [4.78, 5) is 46.8. The van der Waals surface area contributed by atoms with E-state index >= 15 is 0 Å². The van der Waals surface area contributed by atoms with Gasteiger partial charge in [-0.3, -0.25) is 23.9 Å². The molecule has 5 aromatic rings. The third-order valence-electron chi connectivity index (χ3n) is 6.44. The highest BCUT2D eigenvalue weighted by molar-refractivity contribution is 7.22. The molecule has 3 aromatic heterocycles. The average molecular weight is 537 g/mol. The van der Waals surface area contributed by atoms with Gasteiger partial charge in [-0.15, -0.1) is 11.3 Å². The Morgan fingerprint density at radius 1 is 1.08 bits per heavy atom. The van der Waals surface area contributed by atoms with Gasteiger partial charge < -0.3 is 9.64 Å². The molecule has 0 fully saturated rings. The molecule has 0 saturated heterocycles. The summed E-state index contributed by atoms with van der Waals surface area (Å²) < 4.78 is 7.74. The number of ether oxygens (including phenoxy) is 1. The quantitative estimate of drug-likeness (QED) is 0.244. The molecule has 1 amide bonds. The van der Waals surface area contributed by atoms with Gasteiger partial charge in [-0.2, -0.15) is 5.26 Å². The summed E-state index contributed by atoms with van der Waals surface area (Å²) in [5.41, 5.74) is 1.51. The minimum absolute atomic E-state index is 0.149. The molecule has 0 saturated carbocycles. The van der Waals surface area contributed by atoms with Gasteiger partial charge >= 0.3 is 0 Å². The fourth-order valence-electron chi connectivity index (χ4n) is 4.59. The zero-order valence-electron chi connectivity index (χ0n) is 21.2. The van der Waals surface area contributed by atoms with Crippen LogP contribution in [0.4, 0.5) is 0 Å². The van der Waals surface area contributed by atoms with Crippen molar-refractivity contribution in [2.75, 3.05) is 13.7 Å². The summed E-state index contributed by atoms with van der Waals surface area (Å²) >= 11 is 1.18. The lowest BCUT2D eigenvalue weighted by Crippen LogP contribution is -2.31. The highest BCUT2D eigenvalue weighted by Crippen LogP contribution is 2.40. The molecule has 39 heavy (non-hydrogen) atoms. The first-order valence-corrected chi connectivity index (χ1v) is 13.1. The van der Waals surface area contributed by atoms with Crippen LogP contribution in [-0.4, -0.2) is 39.8 Å². The minimum atomic E-state index is -0.407. The van der Waals surface area contributed by atoms with Crippen molar-refractivity contribution < 1.29 is 14.3 Å². The molecule has 8 nitrogen and oxygen atoms in total. The number of fused-ring (bicyclic) bond motifs is 3. The third-order valence-corrected chi connectivity index (χ3v) is 7.63. The van der Waals surface area contributed by atoms with Gasteiger partial charge in [0.05, 0.1) is 36.4 Å². The van der Waals surface area contributed by atoms with Gasteiger partial charge in [0.25, 0.3) is 11.5 Å². The van der Waals surface area contributed by atoms with Crippen LogP contribution in [0.5, 0.6) is 5.75 Å². The van der Waals surface area contributed by atoms with Crippen molar-refractivity contribution in [1.82, 2.24) is 14.5 Å². The molecule has 0 aliphatic carbocycles. The van der Waals surface area contributed by atoms with Crippen molar-refractivity contribution in [2.45, 2.75) is 19.5 Å². The molecule has 0 aliphatic rings. The number of carbonyl (C=O) groups excluding carboxylic acids is 2. The van der Waals surface area contributed by atoms with Gasteiger partial charge in [-0.25, -0.2) is 0 Å². The molecule has 0 radical (unpaired) electrons. The number of thiophene rings is 1. The van der Waals surface area contributed by atoms with E-state index in [2.05, 4.69) is 11.1 Å². The average Bonchev–Trinajstić information content (AvgIpc) is 3.38. The van der Waals surface area contributed by atoms with E-state index in [1.54, 1.807) is 53.7 Å². The van der Waals surface area contributed by atoms with Crippen LogP contribution in [0.1, 0.15) is 32.0 Å². The Kier molecular flexibility index (Phi) is 7.48. The molecular weight excluding hydrogens is 512 g/mol. The van der Waals surface area contributed by atoms with Crippen molar-refractivity contribution in [3.63, 3.8) is 0 Å². The van der Waals surface area contributed by atoms with Gasteiger partial charge in [0.2, 0.25) is 0 Å². The minimum Gasteiger partial charge on any atom is -0.494 e. The van der Waals surface area contributed by atoms with Crippen LogP contribution in [0.3, 0.4) is 0 Å². The van der Waals surface area contributed by atoms with E-state index in [4.69, 9.17) is 4.74 Å².